The molecule has 0 atom stereocenters. The Bertz CT molecular complexity index is 655. The van der Waals surface area contributed by atoms with Crippen LogP contribution < -0.4 is 0 Å². The lowest BCUT2D eigenvalue weighted by atomic mass is 10.0. The lowest BCUT2D eigenvalue weighted by molar-refractivity contribution is -0.127. The van der Waals surface area contributed by atoms with Gasteiger partial charge in [0.2, 0.25) is 0 Å². The molecular formula is C13H11F4NO. The number of carbonyl (C=O) groups excluding carboxylic acids is 1. The smallest absolute Gasteiger partial charge is 0.347 e. The van der Waals surface area contributed by atoms with Crippen molar-refractivity contribution < 1.29 is 22.4 Å². The van der Waals surface area contributed by atoms with Gasteiger partial charge in [0.25, 0.3) is 0 Å². The Hall–Kier alpha value is -1.85. The molecule has 0 N–H and O–H groups in total. The highest BCUT2D eigenvalue weighted by molar-refractivity contribution is 6.08. The number of Topliss-reactive ketones (excluding diaryl/α,β-unsaturated/α-hetero) is 1. The molecule has 0 spiro atoms. The highest BCUT2D eigenvalue weighted by atomic mass is 19.4. The topological polar surface area (TPSA) is 22.0 Å². The van der Waals surface area contributed by atoms with Crippen LogP contribution in [-0.2, 0) is 13.5 Å². The van der Waals surface area contributed by atoms with E-state index in [2.05, 4.69) is 0 Å². The molecule has 0 bridgehead atoms. The second kappa shape index (κ2) is 4.36. The van der Waals surface area contributed by atoms with E-state index in [4.69, 9.17) is 0 Å². The van der Waals surface area contributed by atoms with E-state index >= 15 is 0 Å². The summed E-state index contributed by atoms with van der Waals surface area (Å²) in [6.07, 6.45) is -4.24. The number of alkyl halides is 3. The van der Waals surface area contributed by atoms with Crippen molar-refractivity contribution in [3.05, 3.63) is 35.3 Å². The molecule has 0 saturated carbocycles. The number of fused-ring (bicyclic) bond motifs is 1. The van der Waals surface area contributed by atoms with Crippen LogP contribution in [0.1, 0.15) is 22.8 Å². The highest BCUT2D eigenvalue weighted by Crippen LogP contribution is 2.31. The molecule has 2 rings (SSSR count). The zero-order valence-electron chi connectivity index (χ0n) is 10.3. The fourth-order valence-electron chi connectivity index (χ4n) is 2.21. The van der Waals surface area contributed by atoms with Gasteiger partial charge >= 0.3 is 6.18 Å². The summed E-state index contributed by atoms with van der Waals surface area (Å²) < 4.78 is 52.6. The van der Waals surface area contributed by atoms with E-state index in [0.29, 0.717) is 0 Å². The Kier molecular flexibility index (Phi) is 3.12. The fourth-order valence-corrected chi connectivity index (χ4v) is 2.21. The van der Waals surface area contributed by atoms with Gasteiger partial charge in [0.1, 0.15) is 5.82 Å². The molecule has 19 heavy (non-hydrogen) atoms. The van der Waals surface area contributed by atoms with Gasteiger partial charge in [-0.3, -0.25) is 4.79 Å². The molecule has 0 unspecified atom stereocenters. The van der Waals surface area contributed by atoms with Crippen LogP contribution in [0.2, 0.25) is 0 Å². The number of rotatable bonds is 2. The van der Waals surface area contributed by atoms with E-state index in [1.165, 1.54) is 24.7 Å². The van der Waals surface area contributed by atoms with Crippen molar-refractivity contribution in [3.63, 3.8) is 0 Å². The first-order valence-electron chi connectivity index (χ1n) is 5.55. The van der Waals surface area contributed by atoms with E-state index in [9.17, 15) is 22.4 Å². The van der Waals surface area contributed by atoms with Gasteiger partial charge in [0.05, 0.1) is 11.9 Å². The summed E-state index contributed by atoms with van der Waals surface area (Å²) in [4.78, 5) is 11.5. The van der Waals surface area contributed by atoms with Gasteiger partial charge in [-0.15, -0.1) is 0 Å². The maximum absolute atomic E-state index is 13.7. The van der Waals surface area contributed by atoms with Crippen molar-refractivity contribution in [3.8, 4) is 0 Å². The van der Waals surface area contributed by atoms with Crippen LogP contribution in [0.25, 0.3) is 10.9 Å². The minimum Gasteiger partial charge on any atom is -0.347 e. The van der Waals surface area contributed by atoms with Crippen molar-refractivity contribution >= 4 is 16.7 Å². The molecule has 0 aliphatic carbocycles. The Morgan fingerprint density at radius 2 is 1.95 bits per heavy atom. The van der Waals surface area contributed by atoms with Gasteiger partial charge in [-0.2, -0.15) is 13.2 Å². The summed E-state index contributed by atoms with van der Waals surface area (Å²) in [6.45, 7) is 1.25. The molecule has 0 aliphatic heterocycles. The van der Waals surface area contributed by atoms with Crippen molar-refractivity contribution in [1.29, 1.82) is 0 Å². The Morgan fingerprint density at radius 3 is 2.47 bits per heavy atom. The van der Waals surface area contributed by atoms with Crippen molar-refractivity contribution in [2.45, 2.75) is 19.5 Å². The van der Waals surface area contributed by atoms with Crippen LogP contribution >= 0.6 is 0 Å². The predicted octanol–water partition coefficient (Wildman–Crippen LogP) is 3.62. The standard InChI is InChI=1S/C13H11F4NO/c1-7(19)9-6-18(2)12-10(14)4-3-8(11(9)12)5-13(15,16)17/h3-4,6H,5H2,1-2H3. The number of benzene rings is 1. The van der Waals surface area contributed by atoms with Crippen LogP contribution in [-0.4, -0.2) is 16.5 Å². The lowest BCUT2D eigenvalue weighted by Gasteiger charge is -2.09. The third kappa shape index (κ3) is 2.47. The maximum atomic E-state index is 13.7. The summed E-state index contributed by atoms with van der Waals surface area (Å²) in [5, 5.41) is 0.0484. The molecule has 102 valence electrons. The minimum atomic E-state index is -4.41. The van der Waals surface area contributed by atoms with E-state index in [0.717, 1.165) is 12.1 Å². The fraction of sp³-hybridized carbons (Fsp3) is 0.308. The number of nitrogens with zero attached hydrogens (tertiary/aromatic N) is 1. The summed E-state index contributed by atoms with van der Waals surface area (Å²) in [7, 11) is 1.50. The van der Waals surface area contributed by atoms with Crippen LogP contribution in [0.3, 0.4) is 0 Å². The van der Waals surface area contributed by atoms with Gasteiger partial charge in [0, 0.05) is 24.2 Å². The predicted molar refractivity (Wildman–Crippen MR) is 62.6 cm³/mol. The number of carbonyl (C=O) groups is 1. The van der Waals surface area contributed by atoms with Gasteiger partial charge in [-0.05, 0) is 18.6 Å². The first-order valence-corrected chi connectivity index (χ1v) is 5.55. The second-order valence-electron chi connectivity index (χ2n) is 4.43. The first-order chi connectivity index (χ1) is 8.70. The van der Waals surface area contributed by atoms with Crippen LogP contribution in [0.5, 0.6) is 0 Å². The van der Waals surface area contributed by atoms with Gasteiger partial charge in [-0.25, -0.2) is 4.39 Å². The first kappa shape index (κ1) is 13.6. The quantitative estimate of drug-likeness (QED) is 0.605. The molecule has 6 heteroatoms. The molecule has 2 aromatic rings. The Balaban J connectivity index is 2.78. The summed E-state index contributed by atoms with van der Waals surface area (Å²) in [5.41, 5.74) is 0.0397. The number of aromatic nitrogens is 1. The van der Waals surface area contributed by atoms with Crippen molar-refractivity contribution in [2.75, 3.05) is 0 Å². The maximum Gasteiger partial charge on any atom is 0.393 e. The number of hydrogen-bond donors (Lipinski definition) is 0. The van der Waals surface area contributed by atoms with Gasteiger partial charge in [-0.1, -0.05) is 6.07 Å². The molecule has 0 radical (unpaired) electrons. The molecule has 2 nitrogen and oxygen atoms in total. The lowest BCUT2D eigenvalue weighted by Crippen LogP contribution is -2.12. The third-order valence-electron chi connectivity index (χ3n) is 2.93. The van der Waals surface area contributed by atoms with Crippen LogP contribution in [0.4, 0.5) is 17.6 Å². The van der Waals surface area contributed by atoms with Crippen molar-refractivity contribution in [2.24, 2.45) is 7.05 Å². The molecule has 1 aromatic carbocycles. The van der Waals surface area contributed by atoms with E-state index in [1.54, 1.807) is 0 Å². The van der Waals surface area contributed by atoms with Crippen LogP contribution in [0.15, 0.2) is 18.3 Å². The Morgan fingerprint density at radius 1 is 1.32 bits per heavy atom. The molecule has 0 fully saturated rings. The Labute approximate surface area is 106 Å². The zero-order chi connectivity index (χ0) is 14.4. The number of ketones is 1. The SMILES string of the molecule is CC(=O)c1cn(C)c2c(F)ccc(CC(F)(F)F)c12. The van der Waals surface area contributed by atoms with Gasteiger partial charge in [0.15, 0.2) is 5.78 Å². The van der Waals surface area contributed by atoms with Crippen molar-refractivity contribution in [1.82, 2.24) is 4.57 Å². The normalized spacial score (nSPS) is 12.1. The average Bonchev–Trinajstić information content (AvgIpc) is 2.60. The van der Waals surface area contributed by atoms with Crippen LogP contribution in [0, 0.1) is 5.82 Å². The molecule has 0 amide bonds. The molecule has 0 aliphatic rings. The summed E-state index contributed by atoms with van der Waals surface area (Å²) in [5.74, 6) is -1.03. The minimum absolute atomic E-state index is 0.0203. The summed E-state index contributed by atoms with van der Waals surface area (Å²) in [6, 6.07) is 2.07. The number of halogens is 4. The van der Waals surface area contributed by atoms with E-state index < -0.39 is 18.4 Å². The zero-order valence-corrected chi connectivity index (χ0v) is 10.3. The van der Waals surface area contributed by atoms with E-state index in [-0.39, 0.29) is 27.8 Å². The monoisotopic (exact) mass is 273 g/mol. The third-order valence-corrected chi connectivity index (χ3v) is 2.93. The second-order valence-corrected chi connectivity index (χ2v) is 4.43. The molecular weight excluding hydrogens is 262 g/mol. The molecule has 0 saturated heterocycles. The number of hydrogen-bond acceptors (Lipinski definition) is 1. The average molecular weight is 273 g/mol. The number of aryl methyl sites for hydroxylation is 1. The molecule has 1 aromatic heterocycles. The highest BCUT2D eigenvalue weighted by Gasteiger charge is 2.30. The largest absolute Gasteiger partial charge is 0.393 e. The van der Waals surface area contributed by atoms with Gasteiger partial charge < -0.3 is 4.57 Å². The molecule has 1 heterocycles. The summed E-state index contributed by atoms with van der Waals surface area (Å²) >= 11 is 0. The van der Waals surface area contributed by atoms with E-state index in [1.807, 2.05) is 0 Å².